The number of carbonyl (C=O) groups is 1. The zero-order chi connectivity index (χ0) is 6.69. The molecule has 0 fully saturated rings. The predicted octanol–water partition coefficient (Wildman–Crippen LogP) is 1.22. The zero-order valence-corrected chi connectivity index (χ0v) is 6.48. The molecule has 1 rings (SSSR count). The van der Waals surface area contributed by atoms with E-state index < -0.39 is 6.09 Å². The number of carbonyl (C=O) groups excluding carboxylic acids is 1. The summed E-state index contributed by atoms with van der Waals surface area (Å²) >= 11 is 1.52. The molecule has 0 amide bonds. The Morgan fingerprint density at radius 1 is 1.78 bits per heavy atom. The summed E-state index contributed by atoms with van der Waals surface area (Å²) in [7, 11) is 0. The molecular weight excluding hydrogens is 235 g/mol. The molecule has 0 spiro atoms. The minimum absolute atomic E-state index is 0.437. The highest BCUT2D eigenvalue weighted by Gasteiger charge is 1.99. The third-order valence-electron chi connectivity index (χ3n) is 0.781. The molecule has 4 nitrogen and oxygen atoms in total. The molecule has 0 aromatic carbocycles. The Morgan fingerprint density at radius 3 is 3.00 bits per heavy atom. The first-order valence-electron chi connectivity index (χ1n) is 2.15. The van der Waals surface area contributed by atoms with Crippen LogP contribution in [0, 0.1) is 0 Å². The van der Waals surface area contributed by atoms with Crippen LogP contribution in [0.4, 0.5) is 4.79 Å². The molecule has 9 heavy (non-hydrogen) atoms. The summed E-state index contributed by atoms with van der Waals surface area (Å²) in [5, 5.41) is 0. The lowest BCUT2D eigenvalue weighted by atomic mass is 10.9. The zero-order valence-electron chi connectivity index (χ0n) is 4.32. The number of rotatable bonds is 0. The van der Waals surface area contributed by atoms with Crippen molar-refractivity contribution in [1.82, 2.24) is 9.55 Å². The van der Waals surface area contributed by atoms with Crippen LogP contribution in [0.3, 0.4) is 0 Å². The first-order chi connectivity index (χ1) is 4.34. The van der Waals surface area contributed by atoms with Gasteiger partial charge in [0.1, 0.15) is 6.33 Å². The molecule has 0 atom stereocenters. The van der Waals surface area contributed by atoms with Crippen molar-refractivity contribution in [1.29, 1.82) is 0 Å². The van der Waals surface area contributed by atoms with Gasteiger partial charge in [0.05, 0.1) is 0 Å². The third-order valence-corrected chi connectivity index (χ3v) is 1.16. The fraction of sp³-hybridized carbons (Fsp3) is 0. The lowest BCUT2D eigenvalue weighted by molar-refractivity contribution is 0.216. The summed E-state index contributed by atoms with van der Waals surface area (Å²) in [6.45, 7) is 0. The van der Waals surface area contributed by atoms with E-state index in [1.807, 2.05) is 0 Å². The van der Waals surface area contributed by atoms with Crippen molar-refractivity contribution in [3.05, 3.63) is 18.7 Å². The van der Waals surface area contributed by atoms with Crippen molar-refractivity contribution >= 4 is 29.1 Å². The SMILES string of the molecule is O=C(OI)n1ccnc1. The third kappa shape index (κ3) is 1.41. The maximum atomic E-state index is 10.6. The van der Waals surface area contributed by atoms with E-state index in [0.717, 1.165) is 0 Å². The van der Waals surface area contributed by atoms with Gasteiger partial charge in [-0.15, -0.1) is 0 Å². The normalized spacial score (nSPS) is 9.00. The van der Waals surface area contributed by atoms with Gasteiger partial charge in [-0.2, -0.15) is 0 Å². The molecule has 0 aliphatic carbocycles. The van der Waals surface area contributed by atoms with Crippen molar-refractivity contribution in [2.24, 2.45) is 0 Å². The molecule has 0 aliphatic rings. The Hall–Kier alpha value is -0.590. The van der Waals surface area contributed by atoms with Crippen LogP contribution < -0.4 is 0 Å². The van der Waals surface area contributed by atoms with Crippen molar-refractivity contribution < 1.29 is 7.86 Å². The van der Waals surface area contributed by atoms with Crippen LogP contribution in [-0.4, -0.2) is 15.6 Å². The quantitative estimate of drug-likeness (QED) is 0.638. The summed E-state index contributed by atoms with van der Waals surface area (Å²) < 4.78 is 5.59. The van der Waals surface area contributed by atoms with Crippen molar-refractivity contribution in [2.45, 2.75) is 0 Å². The monoisotopic (exact) mass is 238 g/mol. The lowest BCUT2D eigenvalue weighted by Crippen LogP contribution is -2.05. The lowest BCUT2D eigenvalue weighted by Gasteiger charge is -1.91. The fourth-order valence-corrected chi connectivity index (χ4v) is 0.634. The summed E-state index contributed by atoms with van der Waals surface area (Å²) in [5.41, 5.74) is 0. The fourth-order valence-electron chi connectivity index (χ4n) is 0.407. The number of nitrogens with zero attached hydrogens (tertiary/aromatic N) is 2. The highest BCUT2D eigenvalue weighted by Crippen LogP contribution is 1.93. The van der Waals surface area contributed by atoms with Crippen molar-refractivity contribution in [3.63, 3.8) is 0 Å². The minimum Gasteiger partial charge on any atom is -0.378 e. The average Bonchev–Trinajstić information content (AvgIpc) is 2.37. The number of aromatic nitrogens is 2. The minimum atomic E-state index is -0.437. The molecule has 0 bridgehead atoms. The molecule has 1 heterocycles. The largest absolute Gasteiger partial charge is 0.428 e. The van der Waals surface area contributed by atoms with Gasteiger partial charge in [-0.05, 0) is 0 Å². The van der Waals surface area contributed by atoms with E-state index in [9.17, 15) is 4.79 Å². The van der Waals surface area contributed by atoms with Crippen molar-refractivity contribution in [3.8, 4) is 0 Å². The molecule has 0 saturated carbocycles. The van der Waals surface area contributed by atoms with Gasteiger partial charge in [0.15, 0.2) is 23.0 Å². The smallest absolute Gasteiger partial charge is 0.378 e. The first kappa shape index (κ1) is 6.53. The Labute approximate surface area is 65.5 Å². The number of imidazole rings is 1. The number of halogens is 1. The predicted molar refractivity (Wildman–Crippen MR) is 38.1 cm³/mol. The Kier molecular flexibility index (Phi) is 2.04. The number of hydrogen-bond donors (Lipinski definition) is 0. The van der Waals surface area contributed by atoms with Crippen LogP contribution in [0.2, 0.25) is 0 Å². The van der Waals surface area contributed by atoms with Crippen molar-refractivity contribution in [2.75, 3.05) is 0 Å². The summed E-state index contributed by atoms with van der Waals surface area (Å²) in [6.07, 6.45) is 3.96. The highest BCUT2D eigenvalue weighted by atomic mass is 127. The van der Waals surface area contributed by atoms with Gasteiger partial charge in [-0.3, -0.25) is 0 Å². The van der Waals surface area contributed by atoms with E-state index >= 15 is 0 Å². The van der Waals surface area contributed by atoms with Crippen LogP contribution in [-0.2, 0) is 3.07 Å². The second-order valence-corrected chi connectivity index (χ2v) is 1.75. The van der Waals surface area contributed by atoms with Crippen LogP contribution in [0.1, 0.15) is 0 Å². The van der Waals surface area contributed by atoms with Crippen LogP contribution >= 0.6 is 23.0 Å². The summed E-state index contributed by atoms with van der Waals surface area (Å²) in [4.78, 5) is 14.2. The standard InChI is InChI=1S/C4H3IN2O2/c5-9-4(8)7-2-1-6-3-7/h1-3H. The highest BCUT2D eigenvalue weighted by molar-refractivity contribution is 14.1. The van der Waals surface area contributed by atoms with Gasteiger partial charge in [-0.25, -0.2) is 14.3 Å². The number of hydrogen-bond acceptors (Lipinski definition) is 3. The summed E-state index contributed by atoms with van der Waals surface area (Å²) in [5.74, 6) is 0. The topological polar surface area (TPSA) is 44.1 Å². The van der Waals surface area contributed by atoms with Gasteiger partial charge >= 0.3 is 6.09 Å². The van der Waals surface area contributed by atoms with E-state index in [-0.39, 0.29) is 0 Å². The van der Waals surface area contributed by atoms with E-state index in [1.165, 1.54) is 46.3 Å². The first-order valence-corrected chi connectivity index (χ1v) is 3.03. The van der Waals surface area contributed by atoms with Crippen LogP contribution in [0.15, 0.2) is 18.7 Å². The summed E-state index contributed by atoms with van der Waals surface area (Å²) in [6, 6.07) is 0. The maximum absolute atomic E-state index is 10.6. The van der Waals surface area contributed by atoms with E-state index in [1.54, 1.807) is 0 Å². The molecule has 0 aliphatic heterocycles. The Morgan fingerprint density at radius 2 is 2.56 bits per heavy atom. The van der Waals surface area contributed by atoms with Crippen LogP contribution in [0.25, 0.3) is 0 Å². The second kappa shape index (κ2) is 2.81. The molecule has 0 radical (unpaired) electrons. The molecule has 5 heteroatoms. The molecule has 0 unspecified atom stereocenters. The average molecular weight is 238 g/mol. The van der Waals surface area contributed by atoms with Crippen LogP contribution in [0.5, 0.6) is 0 Å². The van der Waals surface area contributed by atoms with Gasteiger partial charge in [0.2, 0.25) is 0 Å². The molecule has 0 N–H and O–H groups in total. The molecule has 1 aromatic heterocycles. The van der Waals surface area contributed by atoms with Gasteiger partial charge < -0.3 is 3.07 Å². The molecule has 1 aromatic rings. The van der Waals surface area contributed by atoms with E-state index in [0.29, 0.717) is 0 Å². The van der Waals surface area contributed by atoms with E-state index in [4.69, 9.17) is 0 Å². The molecular formula is C4H3IN2O2. The maximum Gasteiger partial charge on any atom is 0.428 e. The Balaban J connectivity index is 2.77. The Bertz CT molecular complexity index is 196. The molecule has 0 saturated heterocycles. The molecule has 48 valence electrons. The van der Waals surface area contributed by atoms with Gasteiger partial charge in [-0.1, -0.05) is 0 Å². The van der Waals surface area contributed by atoms with E-state index in [2.05, 4.69) is 8.05 Å². The second-order valence-electron chi connectivity index (χ2n) is 1.31. The van der Waals surface area contributed by atoms with Gasteiger partial charge in [0.25, 0.3) is 0 Å². The van der Waals surface area contributed by atoms with Gasteiger partial charge in [0, 0.05) is 12.4 Å².